The van der Waals surface area contributed by atoms with Crippen molar-refractivity contribution in [3.8, 4) is 0 Å². The molecular formula is C22H29N3O4S. The molecule has 7 nitrogen and oxygen atoms in total. The second-order valence-corrected chi connectivity index (χ2v) is 8.06. The van der Waals surface area contributed by atoms with E-state index in [-0.39, 0.29) is 23.4 Å². The van der Waals surface area contributed by atoms with Crippen molar-refractivity contribution in [1.29, 1.82) is 0 Å². The van der Waals surface area contributed by atoms with E-state index in [1.54, 1.807) is 22.5 Å². The molecule has 1 amide bonds. The summed E-state index contributed by atoms with van der Waals surface area (Å²) in [5, 5.41) is 0.627. The Bertz CT molecular complexity index is 1010. The molecule has 30 heavy (non-hydrogen) atoms. The number of ether oxygens (including phenoxy) is 1. The van der Waals surface area contributed by atoms with Crippen molar-refractivity contribution in [3.05, 3.63) is 39.4 Å². The topological polar surface area (TPSA) is 84.4 Å². The van der Waals surface area contributed by atoms with Crippen LogP contribution >= 0.6 is 12.2 Å². The van der Waals surface area contributed by atoms with Crippen LogP contribution in [0.4, 0.5) is 0 Å². The number of aromatic nitrogens is 2. The molecule has 0 radical (unpaired) electrons. The summed E-state index contributed by atoms with van der Waals surface area (Å²) in [4.78, 5) is 42.0. The Balaban J connectivity index is 1.46. The number of benzene rings is 1. The molecule has 1 fully saturated rings. The molecule has 2 heterocycles. The van der Waals surface area contributed by atoms with Crippen molar-refractivity contribution in [1.82, 2.24) is 14.5 Å². The minimum atomic E-state index is -0.204. The van der Waals surface area contributed by atoms with E-state index in [1.807, 2.05) is 18.2 Å². The van der Waals surface area contributed by atoms with Gasteiger partial charge in [0.05, 0.1) is 23.4 Å². The Hall–Kier alpha value is -2.48. The number of nitrogens with one attached hydrogen (secondary N) is 1. The minimum Gasteiger partial charge on any atom is -0.466 e. The monoisotopic (exact) mass is 431 g/mol. The standard InChI is InChI=1S/C22H29N3O4S/c1-2-29-21(28)16-9-8-13-24(15-16)19(26)12-4-3-7-14-25-20(27)17-10-5-6-11-18(17)23-22(25)30/h5-6,10-11,16H,2-4,7-9,12-15H2,1H3,(H,23,30)/t16-/m1/s1. The maximum atomic E-state index is 12.6. The van der Waals surface area contributed by atoms with Crippen LogP contribution in [0.2, 0.25) is 0 Å². The number of aromatic amines is 1. The molecular weight excluding hydrogens is 402 g/mol. The lowest BCUT2D eigenvalue weighted by molar-refractivity contribution is -0.151. The van der Waals surface area contributed by atoms with Crippen molar-refractivity contribution in [3.63, 3.8) is 0 Å². The van der Waals surface area contributed by atoms with Gasteiger partial charge in [0.25, 0.3) is 5.56 Å². The normalized spacial score (nSPS) is 16.6. The zero-order valence-electron chi connectivity index (χ0n) is 17.4. The van der Waals surface area contributed by atoms with Gasteiger partial charge in [-0.1, -0.05) is 18.6 Å². The largest absolute Gasteiger partial charge is 0.466 e. The van der Waals surface area contributed by atoms with Crippen LogP contribution in [0.15, 0.2) is 29.1 Å². The van der Waals surface area contributed by atoms with E-state index in [4.69, 9.17) is 17.0 Å². The van der Waals surface area contributed by atoms with E-state index in [2.05, 4.69) is 4.98 Å². The Kier molecular flexibility index (Phi) is 7.79. The number of H-pyrrole nitrogens is 1. The van der Waals surface area contributed by atoms with Crippen LogP contribution in [-0.4, -0.2) is 46.0 Å². The smallest absolute Gasteiger partial charge is 0.310 e. The first-order valence-corrected chi connectivity index (χ1v) is 11.1. The molecule has 1 saturated heterocycles. The number of amides is 1. The van der Waals surface area contributed by atoms with Crippen molar-refractivity contribution in [2.24, 2.45) is 5.92 Å². The van der Waals surface area contributed by atoms with Gasteiger partial charge in [0, 0.05) is 26.1 Å². The number of hydrogen-bond donors (Lipinski definition) is 1. The number of nitrogens with zero attached hydrogens (tertiary/aromatic N) is 2. The fourth-order valence-corrected chi connectivity index (χ4v) is 4.22. The van der Waals surface area contributed by atoms with Gasteiger partial charge in [-0.15, -0.1) is 0 Å². The molecule has 1 aromatic heterocycles. The number of unbranched alkanes of at least 4 members (excludes halogenated alkanes) is 2. The molecule has 3 rings (SSSR count). The predicted octanol–water partition coefficient (Wildman–Crippen LogP) is 3.42. The van der Waals surface area contributed by atoms with Crippen molar-refractivity contribution >= 4 is 35.0 Å². The highest BCUT2D eigenvalue weighted by molar-refractivity contribution is 7.71. The number of carbonyl (C=O) groups excluding carboxylic acids is 2. The van der Waals surface area contributed by atoms with Gasteiger partial charge in [0.1, 0.15) is 0 Å². The average Bonchev–Trinajstić information content (AvgIpc) is 2.75. The highest BCUT2D eigenvalue weighted by Crippen LogP contribution is 2.19. The molecule has 0 bridgehead atoms. The Morgan fingerprint density at radius 1 is 1.23 bits per heavy atom. The maximum Gasteiger partial charge on any atom is 0.310 e. The number of para-hydroxylation sites is 1. The quantitative estimate of drug-likeness (QED) is 0.393. The Morgan fingerprint density at radius 2 is 2.03 bits per heavy atom. The number of carbonyl (C=O) groups is 2. The molecule has 0 spiro atoms. The molecule has 1 aromatic carbocycles. The second-order valence-electron chi connectivity index (χ2n) is 7.67. The number of esters is 1. The van der Waals surface area contributed by atoms with E-state index in [9.17, 15) is 14.4 Å². The summed E-state index contributed by atoms with van der Waals surface area (Å²) >= 11 is 5.33. The zero-order chi connectivity index (χ0) is 21.5. The van der Waals surface area contributed by atoms with Crippen LogP contribution in [0.25, 0.3) is 10.9 Å². The van der Waals surface area contributed by atoms with E-state index in [0.717, 1.165) is 37.6 Å². The molecule has 0 saturated carbocycles. The van der Waals surface area contributed by atoms with Crippen LogP contribution in [0.3, 0.4) is 0 Å². The predicted molar refractivity (Wildman–Crippen MR) is 118 cm³/mol. The molecule has 2 aromatic rings. The van der Waals surface area contributed by atoms with Crippen LogP contribution < -0.4 is 5.56 Å². The van der Waals surface area contributed by atoms with Gasteiger partial charge in [0.2, 0.25) is 5.91 Å². The van der Waals surface area contributed by atoms with E-state index in [1.165, 1.54) is 0 Å². The molecule has 1 aliphatic heterocycles. The van der Waals surface area contributed by atoms with Crippen molar-refractivity contribution in [2.45, 2.75) is 52.0 Å². The lowest BCUT2D eigenvalue weighted by atomic mass is 9.97. The zero-order valence-corrected chi connectivity index (χ0v) is 18.2. The number of likely N-dealkylation sites (tertiary alicyclic amines) is 1. The van der Waals surface area contributed by atoms with Crippen LogP contribution in [-0.2, 0) is 20.9 Å². The fourth-order valence-electron chi connectivity index (χ4n) is 3.94. The molecule has 162 valence electrons. The molecule has 8 heteroatoms. The van der Waals surface area contributed by atoms with Gasteiger partial charge < -0.3 is 14.6 Å². The van der Waals surface area contributed by atoms with E-state index in [0.29, 0.717) is 42.8 Å². The first-order valence-electron chi connectivity index (χ1n) is 10.7. The van der Waals surface area contributed by atoms with Gasteiger partial charge in [-0.2, -0.15) is 0 Å². The lowest BCUT2D eigenvalue weighted by Gasteiger charge is -2.31. The SMILES string of the molecule is CCOC(=O)[C@@H]1CCCN(C(=O)CCCCCn2c(=S)[nH]c3ccccc3c2=O)C1. The third-order valence-electron chi connectivity index (χ3n) is 5.56. The van der Waals surface area contributed by atoms with Gasteiger partial charge in [0.15, 0.2) is 4.77 Å². The van der Waals surface area contributed by atoms with Crippen LogP contribution in [0.1, 0.15) is 45.4 Å². The highest BCUT2D eigenvalue weighted by Gasteiger charge is 2.28. The van der Waals surface area contributed by atoms with Crippen molar-refractivity contribution < 1.29 is 14.3 Å². The third-order valence-corrected chi connectivity index (χ3v) is 5.88. The summed E-state index contributed by atoms with van der Waals surface area (Å²) in [5.41, 5.74) is 0.667. The Morgan fingerprint density at radius 3 is 2.83 bits per heavy atom. The third kappa shape index (κ3) is 5.36. The molecule has 1 aliphatic rings. The van der Waals surface area contributed by atoms with E-state index < -0.39 is 0 Å². The minimum absolute atomic E-state index is 0.0799. The van der Waals surface area contributed by atoms with Crippen molar-refractivity contribution in [2.75, 3.05) is 19.7 Å². The highest BCUT2D eigenvalue weighted by atomic mass is 32.1. The molecule has 1 atom stereocenters. The maximum absolute atomic E-state index is 12.6. The van der Waals surface area contributed by atoms with Gasteiger partial charge >= 0.3 is 5.97 Å². The Labute approximate surface area is 181 Å². The van der Waals surface area contributed by atoms with Gasteiger partial charge in [-0.25, -0.2) is 0 Å². The van der Waals surface area contributed by atoms with Gasteiger partial charge in [-0.05, 0) is 57.0 Å². The summed E-state index contributed by atoms with van der Waals surface area (Å²) < 4.78 is 7.11. The molecule has 0 aliphatic carbocycles. The number of fused-ring (bicyclic) bond motifs is 1. The molecule has 1 N–H and O–H groups in total. The first-order chi connectivity index (χ1) is 14.5. The number of piperidine rings is 1. The number of rotatable bonds is 8. The second kappa shape index (κ2) is 10.5. The summed E-state index contributed by atoms with van der Waals surface area (Å²) in [6.07, 6.45) is 4.42. The summed E-state index contributed by atoms with van der Waals surface area (Å²) in [7, 11) is 0. The summed E-state index contributed by atoms with van der Waals surface area (Å²) in [6.45, 7) is 3.85. The van der Waals surface area contributed by atoms with Crippen LogP contribution in [0, 0.1) is 10.7 Å². The lowest BCUT2D eigenvalue weighted by Crippen LogP contribution is -2.42. The first kappa shape index (κ1) is 22.2. The molecule has 0 unspecified atom stereocenters. The van der Waals surface area contributed by atoms with Crippen LogP contribution in [0.5, 0.6) is 0 Å². The number of hydrogen-bond acceptors (Lipinski definition) is 5. The summed E-state index contributed by atoms with van der Waals surface area (Å²) in [6, 6.07) is 7.34. The summed E-state index contributed by atoms with van der Waals surface area (Å²) in [5.74, 6) is -0.319. The van der Waals surface area contributed by atoms with E-state index >= 15 is 0 Å². The van der Waals surface area contributed by atoms with Gasteiger partial charge in [-0.3, -0.25) is 19.0 Å². The fraction of sp³-hybridized carbons (Fsp3) is 0.545. The average molecular weight is 432 g/mol.